The maximum Gasteiger partial charge on any atom is 0.417 e. The van der Waals surface area contributed by atoms with Gasteiger partial charge in [0.25, 0.3) is 0 Å². The van der Waals surface area contributed by atoms with Gasteiger partial charge in [-0.05, 0) is 61.6 Å². The predicted molar refractivity (Wildman–Crippen MR) is 135 cm³/mol. The van der Waals surface area contributed by atoms with Crippen LogP contribution in [0.15, 0.2) is 48.5 Å². The largest absolute Gasteiger partial charge is 0.417 e. The van der Waals surface area contributed by atoms with Crippen LogP contribution in [0.1, 0.15) is 55.5 Å². The Balaban J connectivity index is 1.24. The zero-order valence-corrected chi connectivity index (χ0v) is 21.3. The first-order chi connectivity index (χ1) is 17.6. The molecule has 196 valence electrons. The molecule has 3 fully saturated rings. The number of nitrogens with zero attached hydrogens (tertiary/aromatic N) is 3. The van der Waals surface area contributed by atoms with E-state index in [1.54, 1.807) is 23.7 Å². The SMILES string of the molecule is Cn1c(-c2ccccc2C(F)(F)F)nnc1C12CCC(CNC(=O)NCc3ccccc3Cl)(CC1)CC2. The lowest BCUT2D eigenvalue weighted by molar-refractivity contribution is -0.137. The number of benzene rings is 2. The lowest BCUT2D eigenvalue weighted by Crippen LogP contribution is -2.51. The molecule has 3 saturated carbocycles. The van der Waals surface area contributed by atoms with E-state index in [9.17, 15) is 18.0 Å². The second kappa shape index (κ2) is 9.67. The molecule has 3 aliphatic carbocycles. The standard InChI is InChI=1S/C27H29ClF3N5O/c1-36-22(19-7-3-4-8-20(19)27(29,30)31)34-35-23(36)26-13-10-25(11-14-26,12-15-26)17-33-24(37)32-16-18-6-2-5-9-21(18)28/h2-9H,10-17H2,1H3,(H2,32,33,37). The van der Waals surface area contributed by atoms with Gasteiger partial charge in [0.15, 0.2) is 5.82 Å². The maximum atomic E-state index is 13.6. The number of alkyl halides is 3. The third-order valence-electron chi connectivity index (χ3n) is 8.25. The molecule has 3 aliphatic rings. The summed E-state index contributed by atoms with van der Waals surface area (Å²) in [6.07, 6.45) is 0.870. The van der Waals surface area contributed by atoms with Crippen LogP contribution in [-0.2, 0) is 25.2 Å². The molecule has 2 bridgehead atoms. The van der Waals surface area contributed by atoms with Gasteiger partial charge in [-0.15, -0.1) is 10.2 Å². The molecule has 1 heterocycles. The number of nitrogens with one attached hydrogen (secondary N) is 2. The highest BCUT2D eigenvalue weighted by molar-refractivity contribution is 6.31. The topological polar surface area (TPSA) is 71.8 Å². The van der Waals surface area contributed by atoms with E-state index in [4.69, 9.17) is 11.6 Å². The normalized spacial score (nSPS) is 23.2. The molecule has 0 radical (unpaired) electrons. The molecular weight excluding hydrogens is 503 g/mol. The van der Waals surface area contributed by atoms with E-state index in [-0.39, 0.29) is 28.2 Å². The third-order valence-corrected chi connectivity index (χ3v) is 8.61. The number of aromatic nitrogens is 3. The molecule has 6 rings (SSSR count). The van der Waals surface area contributed by atoms with Gasteiger partial charge in [0.2, 0.25) is 0 Å². The Labute approximate surface area is 218 Å². The monoisotopic (exact) mass is 531 g/mol. The number of hydrogen-bond acceptors (Lipinski definition) is 3. The molecule has 2 amide bonds. The average Bonchev–Trinajstić information content (AvgIpc) is 3.29. The minimum Gasteiger partial charge on any atom is -0.338 e. The summed E-state index contributed by atoms with van der Waals surface area (Å²) < 4.78 is 42.5. The number of hydrogen-bond donors (Lipinski definition) is 2. The summed E-state index contributed by atoms with van der Waals surface area (Å²) in [4.78, 5) is 12.4. The summed E-state index contributed by atoms with van der Waals surface area (Å²) in [5.74, 6) is 0.981. The van der Waals surface area contributed by atoms with Gasteiger partial charge >= 0.3 is 12.2 Å². The van der Waals surface area contributed by atoms with Gasteiger partial charge in [-0.2, -0.15) is 13.2 Å². The van der Waals surface area contributed by atoms with Gasteiger partial charge < -0.3 is 15.2 Å². The fourth-order valence-corrected chi connectivity index (χ4v) is 6.16. The van der Waals surface area contributed by atoms with Gasteiger partial charge in [0.1, 0.15) is 5.82 Å². The van der Waals surface area contributed by atoms with Crippen LogP contribution in [0.4, 0.5) is 18.0 Å². The second-order valence-corrected chi connectivity index (χ2v) is 10.8. The molecule has 37 heavy (non-hydrogen) atoms. The van der Waals surface area contributed by atoms with E-state index < -0.39 is 11.7 Å². The Morgan fingerprint density at radius 2 is 1.62 bits per heavy atom. The zero-order chi connectivity index (χ0) is 26.3. The maximum absolute atomic E-state index is 13.6. The highest BCUT2D eigenvalue weighted by Gasteiger charge is 2.51. The number of fused-ring (bicyclic) bond motifs is 3. The van der Waals surface area contributed by atoms with E-state index in [0.717, 1.165) is 56.0 Å². The summed E-state index contributed by atoms with van der Waals surface area (Å²) in [6, 6.07) is 12.7. The van der Waals surface area contributed by atoms with E-state index in [1.807, 2.05) is 18.2 Å². The lowest BCUT2D eigenvalue weighted by atomic mass is 9.53. The Kier molecular flexibility index (Phi) is 6.68. The smallest absolute Gasteiger partial charge is 0.338 e. The first-order valence-electron chi connectivity index (χ1n) is 12.4. The van der Waals surface area contributed by atoms with Gasteiger partial charge in [-0.3, -0.25) is 0 Å². The number of amides is 2. The molecule has 0 saturated heterocycles. The Bertz CT molecular complexity index is 1280. The number of rotatable bonds is 6. The van der Waals surface area contributed by atoms with E-state index in [2.05, 4.69) is 20.8 Å². The Morgan fingerprint density at radius 3 is 2.30 bits per heavy atom. The van der Waals surface area contributed by atoms with Crippen LogP contribution in [0.3, 0.4) is 0 Å². The van der Waals surface area contributed by atoms with Crippen LogP contribution in [0.5, 0.6) is 0 Å². The first kappa shape index (κ1) is 25.6. The Hall–Kier alpha value is -3.07. The fourth-order valence-electron chi connectivity index (χ4n) is 5.96. The van der Waals surface area contributed by atoms with Gasteiger partial charge in [-0.25, -0.2) is 4.79 Å². The van der Waals surface area contributed by atoms with Crippen molar-refractivity contribution < 1.29 is 18.0 Å². The summed E-state index contributed by atoms with van der Waals surface area (Å²) in [6.45, 7) is 0.939. The molecule has 3 aromatic rings. The van der Waals surface area contributed by atoms with Crippen LogP contribution < -0.4 is 10.6 Å². The summed E-state index contributed by atoms with van der Waals surface area (Å²) in [5, 5.41) is 15.2. The molecule has 10 heteroatoms. The van der Waals surface area contributed by atoms with Crippen molar-refractivity contribution in [1.82, 2.24) is 25.4 Å². The van der Waals surface area contributed by atoms with Crippen molar-refractivity contribution in [3.8, 4) is 11.4 Å². The van der Waals surface area contributed by atoms with Gasteiger partial charge in [0.05, 0.1) is 5.56 Å². The molecule has 2 aromatic carbocycles. The summed E-state index contributed by atoms with van der Waals surface area (Å²) >= 11 is 6.16. The summed E-state index contributed by atoms with van der Waals surface area (Å²) in [7, 11) is 1.76. The van der Waals surface area contributed by atoms with E-state index in [0.29, 0.717) is 18.1 Å². The van der Waals surface area contributed by atoms with Crippen LogP contribution >= 0.6 is 11.6 Å². The van der Waals surface area contributed by atoms with Crippen molar-refractivity contribution in [3.63, 3.8) is 0 Å². The fraction of sp³-hybridized carbons (Fsp3) is 0.444. The Morgan fingerprint density at radius 1 is 0.973 bits per heavy atom. The number of carbonyl (C=O) groups is 1. The molecular formula is C27H29ClF3N5O. The zero-order valence-electron chi connectivity index (χ0n) is 20.5. The molecule has 0 atom stereocenters. The third kappa shape index (κ3) is 4.93. The van der Waals surface area contributed by atoms with Crippen molar-refractivity contribution in [2.45, 2.75) is 56.7 Å². The van der Waals surface area contributed by atoms with Gasteiger partial charge in [0, 0.05) is 36.1 Å². The highest BCUT2D eigenvalue weighted by Crippen LogP contribution is 2.57. The van der Waals surface area contributed by atoms with Crippen molar-refractivity contribution in [1.29, 1.82) is 0 Å². The molecule has 0 spiro atoms. The minimum absolute atomic E-state index is 0.0216. The van der Waals surface area contributed by atoms with Crippen LogP contribution in [-0.4, -0.2) is 27.3 Å². The first-order valence-corrected chi connectivity index (χ1v) is 12.8. The number of halogens is 4. The van der Waals surface area contributed by atoms with Crippen LogP contribution in [0, 0.1) is 5.41 Å². The van der Waals surface area contributed by atoms with E-state index >= 15 is 0 Å². The van der Waals surface area contributed by atoms with Crippen molar-refractivity contribution in [2.75, 3.05) is 6.54 Å². The molecule has 0 aliphatic heterocycles. The molecule has 2 N–H and O–H groups in total. The molecule has 0 unspecified atom stereocenters. The lowest BCUT2D eigenvalue weighted by Gasteiger charge is -2.52. The second-order valence-electron chi connectivity index (χ2n) is 10.4. The average molecular weight is 532 g/mol. The van der Waals surface area contributed by atoms with Crippen molar-refractivity contribution >= 4 is 17.6 Å². The molecule has 1 aromatic heterocycles. The number of urea groups is 1. The van der Waals surface area contributed by atoms with Crippen molar-refractivity contribution in [2.24, 2.45) is 12.5 Å². The number of carbonyl (C=O) groups excluding carboxylic acids is 1. The van der Waals surface area contributed by atoms with Gasteiger partial charge in [-0.1, -0.05) is 48.0 Å². The van der Waals surface area contributed by atoms with Crippen molar-refractivity contribution in [3.05, 3.63) is 70.5 Å². The highest BCUT2D eigenvalue weighted by atomic mass is 35.5. The van der Waals surface area contributed by atoms with Crippen LogP contribution in [0.25, 0.3) is 11.4 Å². The quantitative estimate of drug-likeness (QED) is 0.395. The predicted octanol–water partition coefficient (Wildman–Crippen LogP) is 6.25. The summed E-state index contributed by atoms with van der Waals surface area (Å²) in [5.41, 5.74) is 0.00791. The minimum atomic E-state index is -4.47. The van der Waals surface area contributed by atoms with Crippen LogP contribution in [0.2, 0.25) is 5.02 Å². The molecule has 6 nitrogen and oxygen atoms in total. The van der Waals surface area contributed by atoms with E-state index in [1.165, 1.54) is 12.1 Å².